The molecular weight excluding hydrogens is 258 g/mol. The molecule has 2 nitrogen and oxygen atoms in total. The lowest BCUT2D eigenvalue weighted by Gasteiger charge is -2.32. The topological polar surface area (TPSA) is 23.5 Å². The lowest BCUT2D eigenvalue weighted by molar-refractivity contribution is 0.202. The van der Waals surface area contributed by atoms with Crippen molar-refractivity contribution in [3.05, 3.63) is 46.8 Å². The standard InChI is InChI=1S/C19H25NO/c1-6-15-11-12-16-9-7-8-10-17(16)18(15)19(21)20(13(2)3)14(4)5/h6-14,21H,1-5H3/b15-6+,19-18-. The molecule has 0 aromatic heterocycles. The Balaban J connectivity index is 2.94. The molecule has 0 saturated carbocycles. The lowest BCUT2D eigenvalue weighted by atomic mass is 10.1. The second-order valence-electron chi connectivity index (χ2n) is 5.96. The van der Waals surface area contributed by atoms with E-state index in [4.69, 9.17) is 0 Å². The van der Waals surface area contributed by atoms with Crippen molar-refractivity contribution in [2.24, 2.45) is 0 Å². The number of aliphatic hydroxyl groups excluding tert-OH is 1. The zero-order chi connectivity index (χ0) is 15.6. The molecule has 0 bridgehead atoms. The highest BCUT2D eigenvalue weighted by atomic mass is 16.3. The fraction of sp³-hybridized carbons (Fsp3) is 0.368. The van der Waals surface area contributed by atoms with Gasteiger partial charge in [-0.3, -0.25) is 0 Å². The SMILES string of the molecule is C/C=c1\ccc2ccccc2\c1=C(/O)N(C(C)C)C(C)C. The first-order valence-corrected chi connectivity index (χ1v) is 7.63. The molecule has 112 valence electrons. The van der Waals surface area contributed by atoms with Gasteiger partial charge in [-0.1, -0.05) is 42.5 Å². The Morgan fingerprint density at radius 3 is 2.19 bits per heavy atom. The summed E-state index contributed by atoms with van der Waals surface area (Å²) < 4.78 is 0. The minimum atomic E-state index is 0.244. The highest BCUT2D eigenvalue weighted by molar-refractivity contribution is 5.84. The Morgan fingerprint density at radius 2 is 1.62 bits per heavy atom. The zero-order valence-corrected chi connectivity index (χ0v) is 13.6. The molecule has 2 heteroatoms. The molecule has 0 atom stereocenters. The van der Waals surface area contributed by atoms with Gasteiger partial charge in [-0.25, -0.2) is 0 Å². The smallest absolute Gasteiger partial charge is 0.195 e. The van der Waals surface area contributed by atoms with Crippen molar-refractivity contribution in [1.29, 1.82) is 0 Å². The number of benzene rings is 2. The molecule has 0 aliphatic carbocycles. The van der Waals surface area contributed by atoms with Crippen LogP contribution in [0.5, 0.6) is 0 Å². The van der Waals surface area contributed by atoms with Crippen molar-refractivity contribution in [2.75, 3.05) is 0 Å². The van der Waals surface area contributed by atoms with E-state index in [0.29, 0.717) is 5.88 Å². The summed E-state index contributed by atoms with van der Waals surface area (Å²) in [5.74, 6) is 0.366. The van der Waals surface area contributed by atoms with Gasteiger partial charge in [0.25, 0.3) is 0 Å². The van der Waals surface area contributed by atoms with E-state index in [0.717, 1.165) is 21.2 Å². The fourth-order valence-corrected chi connectivity index (χ4v) is 2.99. The van der Waals surface area contributed by atoms with Crippen molar-refractivity contribution >= 4 is 22.7 Å². The van der Waals surface area contributed by atoms with Gasteiger partial charge in [0.15, 0.2) is 5.88 Å². The van der Waals surface area contributed by atoms with Crippen LogP contribution in [-0.4, -0.2) is 22.1 Å². The normalized spacial score (nSPS) is 14.1. The van der Waals surface area contributed by atoms with E-state index >= 15 is 0 Å². The van der Waals surface area contributed by atoms with Crippen LogP contribution in [0.4, 0.5) is 0 Å². The van der Waals surface area contributed by atoms with Crippen LogP contribution >= 0.6 is 0 Å². The van der Waals surface area contributed by atoms with Crippen molar-refractivity contribution in [3.8, 4) is 0 Å². The molecule has 2 rings (SSSR count). The van der Waals surface area contributed by atoms with Gasteiger partial charge in [0.2, 0.25) is 0 Å². The Kier molecular flexibility index (Phi) is 4.56. The lowest BCUT2D eigenvalue weighted by Crippen LogP contribution is -2.41. The predicted molar refractivity (Wildman–Crippen MR) is 91.5 cm³/mol. The number of rotatable bonds is 3. The monoisotopic (exact) mass is 283 g/mol. The minimum absolute atomic E-state index is 0.244. The molecule has 1 N–H and O–H groups in total. The van der Waals surface area contributed by atoms with Gasteiger partial charge in [0, 0.05) is 17.3 Å². The van der Waals surface area contributed by atoms with Crippen LogP contribution in [0, 0.1) is 0 Å². The number of fused-ring (bicyclic) bond motifs is 1. The molecule has 0 fully saturated rings. The molecule has 0 spiro atoms. The van der Waals surface area contributed by atoms with Gasteiger partial charge < -0.3 is 10.0 Å². The van der Waals surface area contributed by atoms with Gasteiger partial charge >= 0.3 is 0 Å². The summed E-state index contributed by atoms with van der Waals surface area (Å²) in [6, 6.07) is 12.9. The predicted octanol–water partition coefficient (Wildman–Crippen LogP) is 3.38. The maximum Gasteiger partial charge on any atom is 0.195 e. The Hall–Kier alpha value is -1.96. The maximum absolute atomic E-state index is 11.0. The van der Waals surface area contributed by atoms with E-state index in [2.05, 4.69) is 62.9 Å². The molecular formula is C19H25NO. The van der Waals surface area contributed by atoms with Crippen LogP contribution in [-0.2, 0) is 0 Å². The van der Waals surface area contributed by atoms with Crippen LogP contribution in [0.25, 0.3) is 22.7 Å². The molecule has 0 unspecified atom stereocenters. The summed E-state index contributed by atoms with van der Waals surface area (Å²) in [5, 5.41) is 15.2. The first-order valence-electron chi connectivity index (χ1n) is 7.63. The first-order chi connectivity index (χ1) is 9.97. The van der Waals surface area contributed by atoms with Crippen LogP contribution in [0.15, 0.2) is 36.4 Å². The summed E-state index contributed by atoms with van der Waals surface area (Å²) in [5.41, 5.74) is 0. The van der Waals surface area contributed by atoms with E-state index in [1.807, 2.05) is 19.1 Å². The molecule has 2 aromatic carbocycles. The average Bonchev–Trinajstić information content (AvgIpc) is 2.45. The highest BCUT2D eigenvalue weighted by Gasteiger charge is 2.17. The summed E-state index contributed by atoms with van der Waals surface area (Å²) in [4.78, 5) is 2.06. The van der Waals surface area contributed by atoms with Gasteiger partial charge in [-0.2, -0.15) is 0 Å². The van der Waals surface area contributed by atoms with E-state index in [1.54, 1.807) is 0 Å². The van der Waals surface area contributed by atoms with Crippen molar-refractivity contribution < 1.29 is 5.11 Å². The van der Waals surface area contributed by atoms with Crippen LogP contribution in [0.3, 0.4) is 0 Å². The first kappa shape index (κ1) is 15.4. The summed E-state index contributed by atoms with van der Waals surface area (Å²) in [6.07, 6.45) is 2.05. The van der Waals surface area contributed by atoms with E-state index < -0.39 is 0 Å². The van der Waals surface area contributed by atoms with Crippen LogP contribution in [0.2, 0.25) is 0 Å². The third kappa shape index (κ3) is 2.90. The third-order valence-corrected chi connectivity index (χ3v) is 3.85. The highest BCUT2D eigenvalue weighted by Crippen LogP contribution is 2.14. The summed E-state index contributed by atoms with van der Waals surface area (Å²) in [7, 11) is 0. The van der Waals surface area contributed by atoms with Gasteiger partial charge in [0.05, 0.1) is 0 Å². The van der Waals surface area contributed by atoms with Gasteiger partial charge in [0.1, 0.15) is 0 Å². The second kappa shape index (κ2) is 6.21. The van der Waals surface area contributed by atoms with Gasteiger partial charge in [-0.15, -0.1) is 0 Å². The number of hydrogen-bond acceptors (Lipinski definition) is 2. The third-order valence-electron chi connectivity index (χ3n) is 3.85. The average molecular weight is 283 g/mol. The molecule has 0 amide bonds. The maximum atomic E-state index is 11.0. The molecule has 0 saturated heterocycles. The molecule has 0 aliphatic heterocycles. The van der Waals surface area contributed by atoms with Gasteiger partial charge in [-0.05, 0) is 50.6 Å². The minimum Gasteiger partial charge on any atom is -0.494 e. The Bertz CT molecular complexity index is 736. The number of aliphatic hydroxyl groups is 1. The zero-order valence-electron chi connectivity index (χ0n) is 13.6. The fourth-order valence-electron chi connectivity index (χ4n) is 2.99. The number of nitrogens with zero attached hydrogens (tertiary/aromatic N) is 1. The van der Waals surface area contributed by atoms with Crippen molar-refractivity contribution in [3.63, 3.8) is 0 Å². The molecule has 21 heavy (non-hydrogen) atoms. The summed E-state index contributed by atoms with van der Waals surface area (Å²) in [6.45, 7) is 10.4. The van der Waals surface area contributed by atoms with E-state index in [1.165, 1.54) is 0 Å². The van der Waals surface area contributed by atoms with Crippen molar-refractivity contribution in [1.82, 2.24) is 4.90 Å². The number of hydrogen-bond donors (Lipinski definition) is 1. The van der Waals surface area contributed by atoms with Crippen LogP contribution in [0.1, 0.15) is 34.6 Å². The second-order valence-corrected chi connectivity index (χ2v) is 5.96. The molecule has 0 aliphatic rings. The summed E-state index contributed by atoms with van der Waals surface area (Å²) >= 11 is 0. The Morgan fingerprint density at radius 1 is 1.00 bits per heavy atom. The van der Waals surface area contributed by atoms with Crippen molar-refractivity contribution in [2.45, 2.75) is 46.7 Å². The molecule has 0 heterocycles. The largest absolute Gasteiger partial charge is 0.494 e. The van der Waals surface area contributed by atoms with E-state index in [9.17, 15) is 5.11 Å². The molecule has 0 radical (unpaired) electrons. The Labute approximate surface area is 127 Å². The van der Waals surface area contributed by atoms with E-state index in [-0.39, 0.29) is 12.1 Å². The quantitative estimate of drug-likeness (QED) is 0.933. The molecule has 2 aromatic rings. The van der Waals surface area contributed by atoms with Crippen LogP contribution < -0.4 is 10.4 Å².